The summed E-state index contributed by atoms with van der Waals surface area (Å²) in [6.07, 6.45) is 0.251. The van der Waals surface area contributed by atoms with E-state index in [4.69, 9.17) is 0 Å². The number of nitrogens with zero attached hydrogens (tertiary/aromatic N) is 4. The van der Waals surface area contributed by atoms with Gasteiger partial charge in [-0.25, -0.2) is 0 Å². The molecular weight excluding hydrogens is 386 g/mol. The first-order valence-corrected chi connectivity index (χ1v) is 10.1. The van der Waals surface area contributed by atoms with E-state index < -0.39 is 0 Å². The van der Waals surface area contributed by atoms with E-state index in [1.807, 2.05) is 68.6 Å². The molecule has 7 nitrogen and oxygen atoms in total. The molecule has 2 amide bonds. The van der Waals surface area contributed by atoms with Crippen molar-refractivity contribution in [1.82, 2.24) is 9.36 Å². The van der Waals surface area contributed by atoms with Gasteiger partial charge in [-0.1, -0.05) is 42.5 Å². The Morgan fingerprint density at radius 1 is 1.21 bits per heavy atom. The van der Waals surface area contributed by atoms with Gasteiger partial charge in [0.05, 0.1) is 17.9 Å². The number of para-hydroxylation sites is 2. The van der Waals surface area contributed by atoms with Crippen molar-refractivity contribution >= 4 is 39.9 Å². The molecule has 1 unspecified atom stereocenters. The average Bonchev–Trinajstić information content (AvgIpc) is 3.16. The largest absolute Gasteiger partial charge is 0.341 e. The number of fused-ring (bicyclic) bond motifs is 1. The van der Waals surface area contributed by atoms with Gasteiger partial charge in [0, 0.05) is 36.6 Å². The highest BCUT2D eigenvalue weighted by Gasteiger charge is 2.30. The fourth-order valence-corrected chi connectivity index (χ4v) is 4.04. The van der Waals surface area contributed by atoms with Crippen LogP contribution in [-0.4, -0.2) is 40.8 Å². The van der Waals surface area contributed by atoms with Crippen LogP contribution in [0.2, 0.25) is 0 Å². The minimum absolute atomic E-state index is 0.0924. The summed E-state index contributed by atoms with van der Waals surface area (Å²) < 4.78 is 4.41. The number of carbonyl (C=O) groups is 2. The molecule has 0 aliphatic carbocycles. The zero-order valence-electron chi connectivity index (χ0n) is 16.2. The molecule has 1 atom stereocenters. The van der Waals surface area contributed by atoms with E-state index in [1.54, 1.807) is 9.80 Å². The van der Waals surface area contributed by atoms with E-state index in [2.05, 4.69) is 14.7 Å². The molecule has 0 fully saturated rings. The normalized spacial score (nSPS) is 16.0. The molecular formula is C21H21N5O2S. The van der Waals surface area contributed by atoms with Crippen molar-refractivity contribution in [2.75, 3.05) is 28.7 Å². The fraction of sp³-hybridized carbons (Fsp3) is 0.238. The number of aromatic nitrogens is 2. The summed E-state index contributed by atoms with van der Waals surface area (Å²) in [5.41, 5.74) is 2.31. The number of rotatable bonds is 4. The second-order valence-corrected chi connectivity index (χ2v) is 7.74. The van der Waals surface area contributed by atoms with Gasteiger partial charge in [-0.2, -0.15) is 9.36 Å². The van der Waals surface area contributed by atoms with Crippen LogP contribution in [0.25, 0.3) is 11.4 Å². The second-order valence-electron chi connectivity index (χ2n) is 7.00. The summed E-state index contributed by atoms with van der Waals surface area (Å²) in [7, 11) is 1.82. The van der Waals surface area contributed by atoms with E-state index >= 15 is 0 Å². The topological polar surface area (TPSA) is 78.4 Å². The van der Waals surface area contributed by atoms with Gasteiger partial charge >= 0.3 is 0 Å². The lowest BCUT2D eigenvalue weighted by Gasteiger charge is -2.29. The Labute approximate surface area is 173 Å². The van der Waals surface area contributed by atoms with Crippen LogP contribution in [-0.2, 0) is 9.59 Å². The van der Waals surface area contributed by atoms with E-state index in [-0.39, 0.29) is 30.8 Å². The Kier molecular flexibility index (Phi) is 5.26. The van der Waals surface area contributed by atoms with Crippen LogP contribution in [0.4, 0.5) is 16.5 Å². The summed E-state index contributed by atoms with van der Waals surface area (Å²) in [5.74, 6) is 0.457. The first kappa shape index (κ1) is 19.1. The third-order valence-electron chi connectivity index (χ3n) is 4.77. The van der Waals surface area contributed by atoms with Crippen molar-refractivity contribution in [2.45, 2.75) is 19.4 Å². The molecule has 0 radical (unpaired) electrons. The lowest BCUT2D eigenvalue weighted by Crippen LogP contribution is -2.44. The van der Waals surface area contributed by atoms with Crippen molar-refractivity contribution in [3.05, 3.63) is 54.6 Å². The summed E-state index contributed by atoms with van der Waals surface area (Å²) in [5, 5.41) is 3.55. The predicted octanol–water partition coefficient (Wildman–Crippen LogP) is 3.41. The summed E-state index contributed by atoms with van der Waals surface area (Å²) in [6, 6.07) is 16.9. The summed E-state index contributed by atoms with van der Waals surface area (Å²) in [4.78, 5) is 33.4. The fourth-order valence-electron chi connectivity index (χ4n) is 3.39. The van der Waals surface area contributed by atoms with Gasteiger partial charge in [-0.15, -0.1) is 0 Å². The highest BCUT2D eigenvalue weighted by molar-refractivity contribution is 7.09. The van der Waals surface area contributed by atoms with Crippen LogP contribution < -0.4 is 15.1 Å². The molecule has 0 spiro atoms. The van der Waals surface area contributed by atoms with E-state index in [0.29, 0.717) is 22.3 Å². The third-order valence-corrected chi connectivity index (χ3v) is 5.60. The zero-order valence-corrected chi connectivity index (χ0v) is 17.0. The maximum absolute atomic E-state index is 13.2. The van der Waals surface area contributed by atoms with Crippen molar-refractivity contribution in [3.63, 3.8) is 0 Å². The molecule has 1 N–H and O–H groups in total. The molecule has 0 saturated heterocycles. The van der Waals surface area contributed by atoms with Gasteiger partial charge < -0.3 is 15.1 Å². The quantitative estimate of drug-likeness (QED) is 0.717. The number of hydrogen-bond acceptors (Lipinski definition) is 6. The van der Waals surface area contributed by atoms with Gasteiger partial charge in [0.25, 0.3) is 0 Å². The lowest BCUT2D eigenvalue weighted by molar-refractivity contribution is -0.118. The Morgan fingerprint density at radius 2 is 1.93 bits per heavy atom. The van der Waals surface area contributed by atoms with Gasteiger partial charge in [-0.3, -0.25) is 9.59 Å². The van der Waals surface area contributed by atoms with Crippen LogP contribution >= 0.6 is 11.5 Å². The number of nitrogens with one attached hydrogen (secondary N) is 1. The first-order chi connectivity index (χ1) is 14.0. The van der Waals surface area contributed by atoms with Crippen molar-refractivity contribution in [3.8, 4) is 11.4 Å². The monoisotopic (exact) mass is 407 g/mol. The second kappa shape index (κ2) is 8.00. The van der Waals surface area contributed by atoms with Crippen LogP contribution in [0.1, 0.15) is 13.3 Å². The molecule has 29 heavy (non-hydrogen) atoms. The minimum Gasteiger partial charge on any atom is -0.341 e. The number of carbonyl (C=O) groups excluding carboxylic acids is 2. The molecule has 2 aromatic carbocycles. The van der Waals surface area contributed by atoms with Gasteiger partial charge in [0.15, 0.2) is 5.82 Å². The number of likely N-dealkylation sites (N-methyl/N-ethyl adjacent to an activating group) is 1. The van der Waals surface area contributed by atoms with Crippen molar-refractivity contribution in [2.24, 2.45) is 0 Å². The molecule has 1 aromatic heterocycles. The highest BCUT2D eigenvalue weighted by Crippen LogP contribution is 2.31. The number of amides is 2. The van der Waals surface area contributed by atoms with Crippen LogP contribution in [0.3, 0.4) is 0 Å². The number of anilines is 3. The molecule has 8 heteroatoms. The molecule has 0 bridgehead atoms. The molecule has 148 valence electrons. The molecule has 0 saturated carbocycles. The van der Waals surface area contributed by atoms with E-state index in [9.17, 15) is 9.59 Å². The zero-order chi connectivity index (χ0) is 20.4. The number of benzene rings is 2. The van der Waals surface area contributed by atoms with Gasteiger partial charge in [0.1, 0.15) is 0 Å². The van der Waals surface area contributed by atoms with E-state index in [1.165, 1.54) is 11.5 Å². The van der Waals surface area contributed by atoms with Gasteiger partial charge in [0.2, 0.25) is 16.9 Å². The molecule has 3 aromatic rings. The smallest absolute Gasteiger partial charge is 0.246 e. The Balaban J connectivity index is 1.54. The number of hydrogen-bond donors (Lipinski definition) is 1. The average molecular weight is 407 g/mol. The van der Waals surface area contributed by atoms with Crippen LogP contribution in [0.5, 0.6) is 0 Å². The third kappa shape index (κ3) is 3.97. The maximum Gasteiger partial charge on any atom is 0.246 e. The Morgan fingerprint density at radius 3 is 2.72 bits per heavy atom. The lowest BCUT2D eigenvalue weighted by atomic mass is 10.1. The van der Waals surface area contributed by atoms with E-state index in [0.717, 1.165) is 5.56 Å². The van der Waals surface area contributed by atoms with Gasteiger partial charge in [-0.05, 0) is 19.1 Å². The summed E-state index contributed by atoms with van der Waals surface area (Å²) >= 11 is 1.26. The van der Waals surface area contributed by atoms with Crippen molar-refractivity contribution in [1.29, 1.82) is 0 Å². The Hall–Kier alpha value is -3.26. The van der Waals surface area contributed by atoms with Crippen LogP contribution in [0.15, 0.2) is 54.6 Å². The van der Waals surface area contributed by atoms with Crippen LogP contribution in [0, 0.1) is 0 Å². The predicted molar refractivity (Wildman–Crippen MR) is 115 cm³/mol. The maximum atomic E-state index is 13.2. The minimum atomic E-state index is -0.242. The highest BCUT2D eigenvalue weighted by atomic mass is 32.1. The molecule has 2 heterocycles. The standard InChI is InChI=1S/C21H21N5O2S/c1-14-12-18(27)22-16-10-6-7-11-17(16)26(14)19(28)13-25(2)21-23-20(24-29-21)15-8-4-3-5-9-15/h3-11,14H,12-13H2,1-2H3,(H,22,27). The summed E-state index contributed by atoms with van der Waals surface area (Å²) in [6.45, 7) is 2.02. The molecule has 1 aliphatic heterocycles. The first-order valence-electron chi connectivity index (χ1n) is 9.34. The Bertz CT molecular complexity index is 1040. The molecule has 4 rings (SSSR count). The van der Waals surface area contributed by atoms with Crippen molar-refractivity contribution < 1.29 is 9.59 Å². The SMILES string of the molecule is CC1CC(=O)Nc2ccccc2N1C(=O)CN(C)c1nc(-c2ccccc2)ns1. The molecule has 1 aliphatic rings.